The first-order chi connectivity index (χ1) is 13.8. The van der Waals surface area contributed by atoms with Crippen LogP contribution in [0.3, 0.4) is 0 Å². The summed E-state index contributed by atoms with van der Waals surface area (Å²) in [5.41, 5.74) is -0.704. The smallest absolute Gasteiger partial charge is 0.256 e. The number of hydrogen-bond acceptors (Lipinski definition) is 5. The van der Waals surface area contributed by atoms with E-state index in [9.17, 15) is 18.4 Å². The van der Waals surface area contributed by atoms with Crippen LogP contribution in [-0.2, 0) is 16.6 Å². The quantitative estimate of drug-likeness (QED) is 0.752. The third-order valence-electron chi connectivity index (χ3n) is 5.78. The molecule has 2 saturated heterocycles. The lowest BCUT2D eigenvalue weighted by molar-refractivity contribution is -0.134. The molecule has 2 aliphatic rings. The highest BCUT2D eigenvalue weighted by atomic mass is 19.1. The van der Waals surface area contributed by atoms with Gasteiger partial charge in [-0.25, -0.2) is 8.78 Å². The molecule has 0 saturated carbocycles. The molecule has 1 spiro atoms. The third-order valence-corrected chi connectivity index (χ3v) is 5.78. The largest absolute Gasteiger partial charge is 0.375 e. The Labute approximate surface area is 166 Å². The minimum atomic E-state index is -0.759. The second-order valence-electron chi connectivity index (χ2n) is 7.71. The molecule has 2 amide bonds. The minimum Gasteiger partial charge on any atom is -0.375 e. The lowest BCUT2D eigenvalue weighted by Gasteiger charge is -2.50. The summed E-state index contributed by atoms with van der Waals surface area (Å²) in [5, 5.41) is 8.13. The number of aromatic nitrogens is 3. The fourth-order valence-corrected chi connectivity index (χ4v) is 4.35. The van der Waals surface area contributed by atoms with E-state index < -0.39 is 23.0 Å². The molecule has 0 N–H and O–H groups in total. The zero-order valence-corrected chi connectivity index (χ0v) is 16.1. The van der Waals surface area contributed by atoms with Gasteiger partial charge in [0.1, 0.15) is 30.4 Å². The number of nitrogens with zero attached hydrogens (tertiary/aromatic N) is 5. The first-order valence-electron chi connectivity index (χ1n) is 9.19. The first kappa shape index (κ1) is 19.4. The van der Waals surface area contributed by atoms with Crippen molar-refractivity contribution in [3.05, 3.63) is 47.5 Å². The van der Waals surface area contributed by atoms with Gasteiger partial charge in [-0.15, -0.1) is 10.2 Å². The summed E-state index contributed by atoms with van der Waals surface area (Å²) in [6.07, 6.45) is 1.59. The highest BCUT2D eigenvalue weighted by molar-refractivity contribution is 5.95. The van der Waals surface area contributed by atoms with Crippen molar-refractivity contribution in [1.82, 2.24) is 24.6 Å². The van der Waals surface area contributed by atoms with E-state index in [1.54, 1.807) is 15.8 Å². The summed E-state index contributed by atoms with van der Waals surface area (Å²) in [7, 11) is 3.29. The molecule has 8 nitrogen and oxygen atoms in total. The van der Waals surface area contributed by atoms with E-state index >= 15 is 0 Å². The maximum atomic E-state index is 14.0. The molecule has 154 valence electrons. The number of hydrogen-bond donors (Lipinski definition) is 0. The van der Waals surface area contributed by atoms with Crippen LogP contribution in [0.2, 0.25) is 0 Å². The van der Waals surface area contributed by atoms with Gasteiger partial charge in [0.05, 0.1) is 5.56 Å². The van der Waals surface area contributed by atoms with Crippen molar-refractivity contribution >= 4 is 11.8 Å². The van der Waals surface area contributed by atoms with E-state index in [2.05, 4.69) is 10.2 Å². The van der Waals surface area contributed by atoms with Crippen LogP contribution < -0.4 is 0 Å². The van der Waals surface area contributed by atoms with Crippen LogP contribution in [0.15, 0.2) is 24.5 Å². The maximum absolute atomic E-state index is 14.0. The number of rotatable bonds is 4. The Bertz CT molecular complexity index is 957. The van der Waals surface area contributed by atoms with E-state index in [4.69, 9.17) is 4.74 Å². The molecule has 1 aromatic heterocycles. The van der Waals surface area contributed by atoms with E-state index in [1.165, 1.54) is 12.0 Å². The molecule has 0 bridgehead atoms. The number of methoxy groups -OCH3 is 1. The third kappa shape index (κ3) is 3.27. The molecule has 2 aromatic rings. The average Bonchev–Trinajstić information content (AvgIpc) is 3.25. The molecule has 2 fully saturated rings. The lowest BCUT2D eigenvalue weighted by atomic mass is 9.71. The summed E-state index contributed by atoms with van der Waals surface area (Å²) in [5.74, 6) is -1.54. The summed E-state index contributed by atoms with van der Waals surface area (Å²) >= 11 is 0. The van der Waals surface area contributed by atoms with E-state index in [0.29, 0.717) is 26.2 Å². The van der Waals surface area contributed by atoms with Gasteiger partial charge in [0.25, 0.3) is 5.91 Å². The number of carbonyl (C=O) groups excluding carboxylic acids is 2. The number of carbonyl (C=O) groups is 2. The molecular formula is C19H21F2N5O3. The van der Waals surface area contributed by atoms with Crippen LogP contribution in [0.5, 0.6) is 0 Å². The Morgan fingerprint density at radius 2 is 1.97 bits per heavy atom. The van der Waals surface area contributed by atoms with Crippen molar-refractivity contribution in [2.24, 2.45) is 12.5 Å². The molecule has 1 aromatic carbocycles. The predicted octanol–water partition coefficient (Wildman–Crippen LogP) is 0.808. The van der Waals surface area contributed by atoms with E-state index in [0.717, 1.165) is 24.0 Å². The van der Waals surface area contributed by atoms with Crippen molar-refractivity contribution in [1.29, 1.82) is 0 Å². The molecule has 1 unspecified atom stereocenters. The van der Waals surface area contributed by atoms with Gasteiger partial charge in [-0.3, -0.25) is 9.59 Å². The molecule has 0 aliphatic carbocycles. The number of benzene rings is 1. The fraction of sp³-hybridized carbons (Fsp3) is 0.474. The van der Waals surface area contributed by atoms with Crippen molar-refractivity contribution in [3.63, 3.8) is 0 Å². The standard InChI is InChI=1S/C19H21F2N5O3/c1-24-11-22-23-17(24)14-6-25(16(27)7-29-2)8-19(14)9-26(10-19)18(28)13-5-12(20)3-4-15(13)21/h3-5,11,14H,6-10H2,1-2H3. The zero-order chi connectivity index (χ0) is 20.8. The second-order valence-corrected chi connectivity index (χ2v) is 7.71. The van der Waals surface area contributed by atoms with Crippen LogP contribution >= 0.6 is 0 Å². The maximum Gasteiger partial charge on any atom is 0.256 e. The van der Waals surface area contributed by atoms with E-state index in [-0.39, 0.29) is 24.0 Å². The van der Waals surface area contributed by atoms with Gasteiger partial charge in [0.15, 0.2) is 0 Å². The normalized spacial score (nSPS) is 20.2. The Hall–Kier alpha value is -2.88. The Morgan fingerprint density at radius 3 is 2.62 bits per heavy atom. The minimum absolute atomic E-state index is 0.0290. The van der Waals surface area contributed by atoms with Crippen molar-refractivity contribution in [2.75, 3.05) is 39.9 Å². The summed E-state index contributed by atoms with van der Waals surface area (Å²) in [4.78, 5) is 28.3. The summed E-state index contributed by atoms with van der Waals surface area (Å²) in [6, 6.07) is 2.83. The molecule has 0 radical (unpaired) electrons. The Kier molecular flexibility index (Phi) is 4.81. The zero-order valence-electron chi connectivity index (χ0n) is 16.1. The van der Waals surface area contributed by atoms with Gasteiger partial charge >= 0.3 is 0 Å². The van der Waals surface area contributed by atoms with Crippen LogP contribution in [0.1, 0.15) is 22.1 Å². The number of aryl methyl sites for hydroxylation is 1. The number of amides is 2. The molecule has 29 heavy (non-hydrogen) atoms. The Balaban J connectivity index is 1.57. The van der Waals surface area contributed by atoms with Crippen LogP contribution in [0, 0.1) is 17.0 Å². The fourth-order valence-electron chi connectivity index (χ4n) is 4.35. The van der Waals surface area contributed by atoms with Gasteiger partial charge in [-0.2, -0.15) is 0 Å². The van der Waals surface area contributed by atoms with Gasteiger partial charge in [-0.1, -0.05) is 0 Å². The molecule has 2 aliphatic heterocycles. The summed E-state index contributed by atoms with van der Waals surface area (Å²) < 4.78 is 34.3. The molecule has 10 heteroatoms. The molecule has 3 heterocycles. The number of halogens is 2. The molecular weight excluding hydrogens is 384 g/mol. The second kappa shape index (κ2) is 7.18. The molecule has 4 rings (SSSR count). The van der Waals surface area contributed by atoms with Crippen LogP contribution in [-0.4, -0.2) is 76.3 Å². The van der Waals surface area contributed by atoms with Crippen LogP contribution in [0.25, 0.3) is 0 Å². The van der Waals surface area contributed by atoms with Gasteiger partial charge in [-0.05, 0) is 18.2 Å². The predicted molar refractivity (Wildman–Crippen MR) is 96.9 cm³/mol. The average molecular weight is 405 g/mol. The summed E-state index contributed by atoms with van der Waals surface area (Å²) in [6.45, 7) is 1.47. The van der Waals surface area contributed by atoms with Crippen molar-refractivity contribution in [3.8, 4) is 0 Å². The lowest BCUT2D eigenvalue weighted by Crippen LogP contribution is -2.62. The van der Waals surface area contributed by atoms with Gasteiger partial charge in [0.2, 0.25) is 5.91 Å². The monoisotopic (exact) mass is 405 g/mol. The first-order valence-corrected chi connectivity index (χ1v) is 9.19. The highest BCUT2D eigenvalue weighted by Crippen LogP contribution is 2.49. The van der Waals surface area contributed by atoms with E-state index in [1.807, 2.05) is 7.05 Å². The Morgan fingerprint density at radius 1 is 1.24 bits per heavy atom. The van der Waals surface area contributed by atoms with Crippen molar-refractivity contribution in [2.45, 2.75) is 5.92 Å². The number of likely N-dealkylation sites (tertiary alicyclic amines) is 2. The van der Waals surface area contributed by atoms with Gasteiger partial charge < -0.3 is 19.1 Å². The van der Waals surface area contributed by atoms with Gasteiger partial charge in [0, 0.05) is 51.7 Å². The van der Waals surface area contributed by atoms with Crippen molar-refractivity contribution < 1.29 is 23.1 Å². The SMILES string of the molecule is COCC(=O)N1CC(c2nncn2C)C2(C1)CN(C(=O)c1cc(F)ccc1F)C2. The topological polar surface area (TPSA) is 80.6 Å². The highest BCUT2D eigenvalue weighted by Gasteiger charge is 2.58. The number of ether oxygens (including phenoxy) is 1. The molecule has 1 atom stereocenters. The van der Waals surface area contributed by atoms with Crippen LogP contribution in [0.4, 0.5) is 8.78 Å².